The van der Waals surface area contributed by atoms with Gasteiger partial charge in [-0.15, -0.1) is 0 Å². The smallest absolute Gasteiger partial charge is 0.167 e. The molecule has 1 aliphatic rings. The van der Waals surface area contributed by atoms with Gasteiger partial charge in [-0.3, -0.25) is 0 Å². The second-order valence-corrected chi connectivity index (χ2v) is 6.48. The molecule has 0 spiro atoms. The molecule has 1 N–H and O–H groups in total. The van der Waals surface area contributed by atoms with Crippen LogP contribution in [0.15, 0.2) is 18.2 Å². The van der Waals surface area contributed by atoms with Crippen molar-refractivity contribution in [2.24, 2.45) is 11.3 Å². The van der Waals surface area contributed by atoms with Crippen molar-refractivity contribution in [3.63, 3.8) is 0 Å². The van der Waals surface area contributed by atoms with E-state index in [-0.39, 0.29) is 5.82 Å². The SMILES string of the molecule is COc1ccc(NC2CCC(C)(C)CC2C)cc1F. The largest absolute Gasteiger partial charge is 0.494 e. The van der Waals surface area contributed by atoms with Crippen LogP contribution >= 0.6 is 0 Å². The van der Waals surface area contributed by atoms with Crippen LogP contribution in [0.4, 0.5) is 10.1 Å². The number of ether oxygens (including phenoxy) is 1. The molecule has 0 amide bonds. The molecular formula is C16H24FNO. The van der Waals surface area contributed by atoms with Gasteiger partial charge in [0.05, 0.1) is 7.11 Å². The summed E-state index contributed by atoms with van der Waals surface area (Å²) in [6.07, 6.45) is 3.57. The van der Waals surface area contributed by atoms with Gasteiger partial charge in [-0.25, -0.2) is 4.39 Å². The van der Waals surface area contributed by atoms with Crippen molar-refractivity contribution in [1.82, 2.24) is 0 Å². The number of hydrogen-bond donors (Lipinski definition) is 1. The summed E-state index contributed by atoms with van der Waals surface area (Å²) in [5.41, 5.74) is 1.28. The molecule has 2 atom stereocenters. The molecule has 0 heterocycles. The first-order valence-corrected chi connectivity index (χ1v) is 7.01. The Kier molecular flexibility index (Phi) is 4.02. The van der Waals surface area contributed by atoms with Crippen LogP contribution in [0.2, 0.25) is 0 Å². The van der Waals surface area contributed by atoms with Gasteiger partial charge in [-0.05, 0) is 42.7 Å². The van der Waals surface area contributed by atoms with Gasteiger partial charge >= 0.3 is 0 Å². The summed E-state index contributed by atoms with van der Waals surface area (Å²) in [4.78, 5) is 0. The van der Waals surface area contributed by atoms with E-state index in [0.29, 0.717) is 23.1 Å². The molecule has 0 aliphatic heterocycles. The number of rotatable bonds is 3. The van der Waals surface area contributed by atoms with Crippen molar-refractivity contribution in [1.29, 1.82) is 0 Å². The highest BCUT2D eigenvalue weighted by Crippen LogP contribution is 2.39. The number of anilines is 1. The van der Waals surface area contributed by atoms with E-state index in [9.17, 15) is 4.39 Å². The van der Waals surface area contributed by atoms with E-state index in [2.05, 4.69) is 26.1 Å². The van der Waals surface area contributed by atoms with Crippen molar-refractivity contribution in [2.75, 3.05) is 12.4 Å². The lowest BCUT2D eigenvalue weighted by atomic mass is 9.70. The minimum Gasteiger partial charge on any atom is -0.494 e. The third-order valence-electron chi connectivity index (χ3n) is 4.20. The standard InChI is InChI=1S/C16H24FNO/c1-11-10-16(2,3)8-7-14(11)18-12-5-6-15(19-4)13(17)9-12/h5-6,9,11,14,18H,7-8,10H2,1-4H3. The maximum Gasteiger partial charge on any atom is 0.167 e. The Hall–Kier alpha value is -1.25. The minimum atomic E-state index is -0.309. The molecule has 0 bridgehead atoms. The molecule has 0 radical (unpaired) electrons. The maximum absolute atomic E-state index is 13.7. The Morgan fingerprint density at radius 2 is 2.11 bits per heavy atom. The molecular weight excluding hydrogens is 241 g/mol. The molecule has 19 heavy (non-hydrogen) atoms. The highest BCUT2D eigenvalue weighted by atomic mass is 19.1. The molecule has 0 aromatic heterocycles. The molecule has 3 heteroatoms. The van der Waals surface area contributed by atoms with Crippen LogP contribution in [0.5, 0.6) is 5.75 Å². The van der Waals surface area contributed by atoms with Crippen molar-refractivity contribution in [3.8, 4) is 5.75 Å². The van der Waals surface area contributed by atoms with E-state index in [0.717, 1.165) is 12.1 Å². The summed E-state index contributed by atoms with van der Waals surface area (Å²) in [6, 6.07) is 5.51. The number of benzene rings is 1. The van der Waals surface area contributed by atoms with E-state index in [4.69, 9.17) is 4.74 Å². The molecule has 1 aromatic rings. The Balaban J connectivity index is 2.03. The van der Waals surface area contributed by atoms with Crippen LogP contribution in [-0.2, 0) is 0 Å². The first-order valence-electron chi connectivity index (χ1n) is 7.01. The quantitative estimate of drug-likeness (QED) is 0.871. The molecule has 106 valence electrons. The highest BCUT2D eigenvalue weighted by Gasteiger charge is 2.32. The van der Waals surface area contributed by atoms with E-state index in [1.807, 2.05) is 6.07 Å². The molecule has 1 aromatic carbocycles. The van der Waals surface area contributed by atoms with Gasteiger partial charge in [0.1, 0.15) is 0 Å². The molecule has 0 saturated heterocycles. The van der Waals surface area contributed by atoms with Crippen LogP contribution in [0.3, 0.4) is 0 Å². The average Bonchev–Trinajstić information content (AvgIpc) is 2.32. The van der Waals surface area contributed by atoms with Crippen LogP contribution in [-0.4, -0.2) is 13.2 Å². The van der Waals surface area contributed by atoms with Crippen molar-refractivity contribution >= 4 is 5.69 Å². The number of halogens is 1. The summed E-state index contributed by atoms with van der Waals surface area (Å²) in [6.45, 7) is 6.93. The Labute approximate surface area is 115 Å². The lowest BCUT2D eigenvalue weighted by Gasteiger charge is -2.40. The second kappa shape index (κ2) is 5.40. The fourth-order valence-corrected chi connectivity index (χ4v) is 3.13. The van der Waals surface area contributed by atoms with Gasteiger partial charge < -0.3 is 10.1 Å². The number of hydrogen-bond acceptors (Lipinski definition) is 2. The lowest BCUT2D eigenvalue weighted by molar-refractivity contribution is 0.177. The van der Waals surface area contributed by atoms with Crippen molar-refractivity contribution in [3.05, 3.63) is 24.0 Å². The van der Waals surface area contributed by atoms with Gasteiger partial charge in [0.2, 0.25) is 0 Å². The van der Waals surface area contributed by atoms with E-state index >= 15 is 0 Å². The van der Waals surface area contributed by atoms with Gasteiger partial charge in [-0.2, -0.15) is 0 Å². The molecule has 2 rings (SSSR count). The average molecular weight is 265 g/mol. The van der Waals surface area contributed by atoms with Crippen LogP contribution < -0.4 is 10.1 Å². The van der Waals surface area contributed by atoms with Crippen molar-refractivity contribution in [2.45, 2.75) is 46.1 Å². The normalized spacial score (nSPS) is 25.9. The van der Waals surface area contributed by atoms with E-state index in [1.54, 1.807) is 6.07 Å². The van der Waals surface area contributed by atoms with Crippen molar-refractivity contribution < 1.29 is 9.13 Å². The van der Waals surface area contributed by atoms with Gasteiger partial charge in [0.25, 0.3) is 0 Å². The second-order valence-electron chi connectivity index (χ2n) is 6.48. The zero-order valence-corrected chi connectivity index (χ0v) is 12.3. The molecule has 1 saturated carbocycles. The predicted molar refractivity (Wildman–Crippen MR) is 77.2 cm³/mol. The molecule has 2 unspecified atom stereocenters. The number of methoxy groups -OCH3 is 1. The fraction of sp³-hybridized carbons (Fsp3) is 0.625. The third kappa shape index (κ3) is 3.40. The third-order valence-corrected chi connectivity index (χ3v) is 4.20. The van der Waals surface area contributed by atoms with Crippen LogP contribution in [0, 0.1) is 17.2 Å². The predicted octanol–water partition coefficient (Wildman–Crippen LogP) is 4.46. The van der Waals surface area contributed by atoms with Gasteiger partial charge in [0.15, 0.2) is 11.6 Å². The molecule has 1 fully saturated rings. The minimum absolute atomic E-state index is 0.295. The van der Waals surface area contributed by atoms with Crippen LogP contribution in [0.25, 0.3) is 0 Å². The molecule has 1 aliphatic carbocycles. The fourth-order valence-electron chi connectivity index (χ4n) is 3.13. The highest BCUT2D eigenvalue weighted by molar-refractivity contribution is 5.48. The van der Waals surface area contributed by atoms with Crippen LogP contribution in [0.1, 0.15) is 40.0 Å². The van der Waals surface area contributed by atoms with Gasteiger partial charge in [0, 0.05) is 17.8 Å². The van der Waals surface area contributed by atoms with E-state index in [1.165, 1.54) is 26.0 Å². The monoisotopic (exact) mass is 265 g/mol. The first-order chi connectivity index (χ1) is 8.91. The zero-order valence-electron chi connectivity index (χ0n) is 12.3. The summed E-state index contributed by atoms with van der Waals surface area (Å²) in [5, 5.41) is 3.46. The Bertz CT molecular complexity index is 444. The summed E-state index contributed by atoms with van der Waals surface area (Å²) >= 11 is 0. The summed E-state index contributed by atoms with van der Waals surface area (Å²) in [7, 11) is 1.48. The topological polar surface area (TPSA) is 21.3 Å². The maximum atomic E-state index is 13.7. The Morgan fingerprint density at radius 3 is 2.68 bits per heavy atom. The summed E-state index contributed by atoms with van der Waals surface area (Å²) in [5.74, 6) is 0.591. The van der Waals surface area contributed by atoms with E-state index < -0.39 is 0 Å². The Morgan fingerprint density at radius 1 is 1.37 bits per heavy atom. The zero-order chi connectivity index (χ0) is 14.0. The number of nitrogens with one attached hydrogen (secondary N) is 1. The van der Waals surface area contributed by atoms with Gasteiger partial charge in [-0.1, -0.05) is 20.8 Å². The lowest BCUT2D eigenvalue weighted by Crippen LogP contribution is -2.36. The molecule has 2 nitrogen and oxygen atoms in total. The summed E-state index contributed by atoms with van der Waals surface area (Å²) < 4.78 is 18.6. The first kappa shape index (κ1) is 14.2.